The van der Waals surface area contributed by atoms with Crippen LogP contribution in [0.5, 0.6) is 0 Å². The van der Waals surface area contributed by atoms with Gasteiger partial charge in [0, 0.05) is 25.2 Å². The predicted octanol–water partition coefficient (Wildman–Crippen LogP) is 0.0479. The summed E-state index contributed by atoms with van der Waals surface area (Å²) < 4.78 is 31.9. The lowest BCUT2D eigenvalue weighted by atomic mass is 10.1. The minimum absolute atomic E-state index is 0.107. The number of rotatable bonds is 2. The fourth-order valence-corrected chi connectivity index (χ4v) is 4.05. The topological polar surface area (TPSA) is 58.6 Å². The van der Waals surface area contributed by atoms with Gasteiger partial charge in [0.05, 0.1) is 18.1 Å². The molecule has 0 radical (unpaired) electrons. The molecule has 2 saturated heterocycles. The Labute approximate surface area is 107 Å². The Kier molecular flexibility index (Phi) is 3.11. The van der Waals surface area contributed by atoms with Crippen LogP contribution in [0.2, 0.25) is 0 Å². The summed E-state index contributed by atoms with van der Waals surface area (Å²) in [5.41, 5.74) is 0. The van der Waals surface area contributed by atoms with Crippen molar-refractivity contribution in [2.24, 2.45) is 0 Å². The van der Waals surface area contributed by atoms with E-state index in [1.165, 1.54) is 0 Å². The van der Waals surface area contributed by atoms with E-state index in [1.807, 2.05) is 6.07 Å². The molecule has 1 aromatic carbocycles. The lowest BCUT2D eigenvalue weighted by Gasteiger charge is -2.41. The zero-order valence-corrected chi connectivity index (χ0v) is 10.8. The summed E-state index contributed by atoms with van der Waals surface area (Å²) in [7, 11) is -3.37. The number of benzene rings is 1. The van der Waals surface area contributed by atoms with Crippen molar-refractivity contribution in [3.05, 3.63) is 30.3 Å². The second kappa shape index (κ2) is 4.62. The van der Waals surface area contributed by atoms with Crippen molar-refractivity contribution < 1.29 is 13.2 Å². The van der Waals surface area contributed by atoms with Crippen molar-refractivity contribution in [2.45, 2.75) is 17.0 Å². The molecule has 0 aromatic heterocycles. The van der Waals surface area contributed by atoms with Gasteiger partial charge in [0.1, 0.15) is 0 Å². The molecule has 2 atom stereocenters. The third-order valence-electron chi connectivity index (χ3n) is 3.34. The first-order chi connectivity index (χ1) is 8.66. The highest BCUT2D eigenvalue weighted by Crippen LogP contribution is 2.20. The van der Waals surface area contributed by atoms with Gasteiger partial charge in [-0.1, -0.05) is 18.2 Å². The standard InChI is InChI=1S/C12H16N2O3S/c15-18(16,12-4-2-1-3-5-12)14-6-10-8-17-9-11(7-14)13-10/h1-5,10-11,13H,6-9H2/t10-,11+. The Morgan fingerprint density at radius 3 is 2.33 bits per heavy atom. The fraction of sp³-hybridized carbons (Fsp3) is 0.500. The molecular weight excluding hydrogens is 252 g/mol. The van der Waals surface area contributed by atoms with Crippen LogP contribution in [-0.4, -0.2) is 51.1 Å². The SMILES string of the molecule is O=S(=O)(c1ccccc1)N1C[C@H]2COC[C@@H](C1)N2. The summed E-state index contributed by atoms with van der Waals surface area (Å²) >= 11 is 0. The van der Waals surface area contributed by atoms with E-state index in [1.54, 1.807) is 28.6 Å². The lowest BCUT2D eigenvalue weighted by Crippen LogP contribution is -2.63. The maximum atomic E-state index is 12.5. The van der Waals surface area contributed by atoms with Crippen LogP contribution in [0.25, 0.3) is 0 Å². The van der Waals surface area contributed by atoms with Crippen molar-refractivity contribution in [2.75, 3.05) is 26.3 Å². The van der Waals surface area contributed by atoms with Gasteiger partial charge < -0.3 is 10.1 Å². The fourth-order valence-electron chi connectivity index (χ4n) is 2.50. The molecule has 3 rings (SSSR count). The summed E-state index contributed by atoms with van der Waals surface area (Å²) in [4.78, 5) is 0.367. The summed E-state index contributed by atoms with van der Waals surface area (Å²) in [6.45, 7) is 2.12. The summed E-state index contributed by atoms with van der Waals surface area (Å²) in [5, 5.41) is 3.38. The van der Waals surface area contributed by atoms with Gasteiger partial charge in [-0.25, -0.2) is 8.42 Å². The average Bonchev–Trinajstić information content (AvgIpc) is 2.39. The second-order valence-electron chi connectivity index (χ2n) is 4.73. The highest BCUT2D eigenvalue weighted by Gasteiger charge is 2.36. The molecule has 2 aliphatic rings. The van der Waals surface area contributed by atoms with Crippen molar-refractivity contribution in [3.8, 4) is 0 Å². The van der Waals surface area contributed by atoms with E-state index in [4.69, 9.17) is 4.74 Å². The zero-order chi connectivity index (χ0) is 12.6. The van der Waals surface area contributed by atoms with Gasteiger partial charge in [0.2, 0.25) is 10.0 Å². The van der Waals surface area contributed by atoms with Crippen LogP contribution in [-0.2, 0) is 14.8 Å². The Balaban J connectivity index is 1.86. The Hall–Kier alpha value is -0.950. The third-order valence-corrected chi connectivity index (χ3v) is 5.18. The monoisotopic (exact) mass is 268 g/mol. The number of nitrogens with zero attached hydrogens (tertiary/aromatic N) is 1. The number of morpholine rings is 1. The van der Waals surface area contributed by atoms with E-state index in [9.17, 15) is 8.42 Å². The second-order valence-corrected chi connectivity index (χ2v) is 6.67. The van der Waals surface area contributed by atoms with Crippen LogP contribution in [0.4, 0.5) is 0 Å². The molecule has 0 saturated carbocycles. The Morgan fingerprint density at radius 2 is 1.72 bits per heavy atom. The molecule has 18 heavy (non-hydrogen) atoms. The van der Waals surface area contributed by atoms with Crippen LogP contribution in [0.3, 0.4) is 0 Å². The minimum Gasteiger partial charge on any atom is -0.378 e. The Morgan fingerprint density at radius 1 is 1.11 bits per heavy atom. The summed E-state index contributed by atoms with van der Waals surface area (Å²) in [5.74, 6) is 0. The maximum Gasteiger partial charge on any atom is 0.243 e. The van der Waals surface area contributed by atoms with Gasteiger partial charge in [-0.05, 0) is 12.1 Å². The van der Waals surface area contributed by atoms with Crippen LogP contribution in [0.1, 0.15) is 0 Å². The van der Waals surface area contributed by atoms with Gasteiger partial charge in [-0.15, -0.1) is 0 Å². The molecule has 2 aliphatic heterocycles. The van der Waals surface area contributed by atoms with E-state index >= 15 is 0 Å². The molecule has 0 unspecified atom stereocenters. The Bertz CT molecular complexity index is 505. The number of hydrogen-bond donors (Lipinski definition) is 1. The van der Waals surface area contributed by atoms with Crippen molar-refractivity contribution >= 4 is 10.0 Å². The molecule has 0 aliphatic carbocycles. The van der Waals surface area contributed by atoms with Crippen LogP contribution >= 0.6 is 0 Å². The van der Waals surface area contributed by atoms with Gasteiger partial charge in [-0.2, -0.15) is 4.31 Å². The van der Waals surface area contributed by atoms with E-state index < -0.39 is 10.0 Å². The summed E-state index contributed by atoms with van der Waals surface area (Å²) in [6, 6.07) is 8.82. The van der Waals surface area contributed by atoms with Crippen molar-refractivity contribution in [3.63, 3.8) is 0 Å². The molecule has 5 nitrogen and oxygen atoms in total. The number of hydrogen-bond acceptors (Lipinski definition) is 4. The van der Waals surface area contributed by atoms with E-state index in [-0.39, 0.29) is 12.1 Å². The van der Waals surface area contributed by atoms with Crippen LogP contribution in [0, 0.1) is 0 Å². The number of sulfonamides is 1. The quantitative estimate of drug-likeness (QED) is 0.823. The van der Waals surface area contributed by atoms with Gasteiger partial charge in [0.25, 0.3) is 0 Å². The highest BCUT2D eigenvalue weighted by atomic mass is 32.2. The first-order valence-corrected chi connectivity index (χ1v) is 7.49. The minimum atomic E-state index is -3.37. The number of nitrogens with one attached hydrogen (secondary N) is 1. The first-order valence-electron chi connectivity index (χ1n) is 6.05. The first kappa shape index (κ1) is 12.1. The smallest absolute Gasteiger partial charge is 0.243 e. The number of ether oxygens (including phenoxy) is 1. The zero-order valence-electron chi connectivity index (χ0n) is 9.95. The largest absolute Gasteiger partial charge is 0.378 e. The molecule has 1 N–H and O–H groups in total. The van der Waals surface area contributed by atoms with E-state index in [2.05, 4.69) is 5.32 Å². The van der Waals surface area contributed by atoms with Crippen LogP contribution < -0.4 is 5.32 Å². The number of piperazine rings is 1. The predicted molar refractivity (Wildman–Crippen MR) is 66.7 cm³/mol. The molecule has 0 spiro atoms. The van der Waals surface area contributed by atoms with E-state index in [0.717, 1.165) is 0 Å². The van der Waals surface area contributed by atoms with Gasteiger partial charge in [-0.3, -0.25) is 0 Å². The molecule has 2 fully saturated rings. The molecule has 6 heteroatoms. The third kappa shape index (κ3) is 2.16. The van der Waals surface area contributed by atoms with Crippen LogP contribution in [0.15, 0.2) is 35.2 Å². The van der Waals surface area contributed by atoms with Gasteiger partial charge in [0.15, 0.2) is 0 Å². The normalized spacial score (nSPS) is 29.1. The summed E-state index contributed by atoms with van der Waals surface area (Å²) in [6.07, 6.45) is 0. The molecular formula is C12H16N2O3S. The maximum absolute atomic E-state index is 12.5. The molecule has 2 bridgehead atoms. The van der Waals surface area contributed by atoms with Gasteiger partial charge >= 0.3 is 0 Å². The molecule has 98 valence electrons. The lowest BCUT2D eigenvalue weighted by molar-refractivity contribution is 0.0128. The average molecular weight is 268 g/mol. The van der Waals surface area contributed by atoms with E-state index in [0.29, 0.717) is 31.2 Å². The molecule has 1 aromatic rings. The molecule has 0 amide bonds. The van der Waals surface area contributed by atoms with Crippen molar-refractivity contribution in [1.29, 1.82) is 0 Å². The number of fused-ring (bicyclic) bond motifs is 2. The molecule has 2 heterocycles. The highest BCUT2D eigenvalue weighted by molar-refractivity contribution is 7.89. The van der Waals surface area contributed by atoms with Crippen molar-refractivity contribution in [1.82, 2.24) is 9.62 Å².